The standard InChI is InChI=1S/C13H10Cl2N2O2S/c1-6-11(7(2)18)20-13(16-6)17-12(19)9-4-3-8(14)5-10(9)15/h3-5H,1-2H3,(H,16,17,19). The summed E-state index contributed by atoms with van der Waals surface area (Å²) >= 11 is 12.9. The number of ketones is 1. The lowest BCUT2D eigenvalue weighted by atomic mass is 10.2. The summed E-state index contributed by atoms with van der Waals surface area (Å²) in [5, 5.41) is 3.70. The zero-order chi connectivity index (χ0) is 14.9. The number of thiazole rings is 1. The molecule has 7 heteroatoms. The quantitative estimate of drug-likeness (QED) is 0.858. The summed E-state index contributed by atoms with van der Waals surface area (Å²) in [5.41, 5.74) is 0.897. The van der Waals surface area contributed by atoms with Crippen LogP contribution in [0.2, 0.25) is 10.0 Å². The summed E-state index contributed by atoms with van der Waals surface area (Å²) < 4.78 is 0. The molecule has 4 nitrogen and oxygen atoms in total. The van der Waals surface area contributed by atoms with Gasteiger partial charge in [0.05, 0.1) is 21.2 Å². The first kappa shape index (κ1) is 15.0. The van der Waals surface area contributed by atoms with Crippen LogP contribution in [0.15, 0.2) is 18.2 Å². The Hall–Kier alpha value is -1.43. The molecule has 0 aliphatic rings. The number of carbonyl (C=O) groups excluding carboxylic acids is 2. The molecule has 104 valence electrons. The number of hydrogen-bond acceptors (Lipinski definition) is 4. The van der Waals surface area contributed by atoms with E-state index in [-0.39, 0.29) is 10.8 Å². The minimum Gasteiger partial charge on any atom is -0.298 e. The van der Waals surface area contributed by atoms with Crippen LogP contribution in [0.25, 0.3) is 0 Å². The van der Waals surface area contributed by atoms with Gasteiger partial charge in [0.25, 0.3) is 5.91 Å². The highest BCUT2D eigenvalue weighted by Gasteiger charge is 2.16. The van der Waals surface area contributed by atoms with Crippen LogP contribution in [0.3, 0.4) is 0 Å². The van der Waals surface area contributed by atoms with E-state index in [4.69, 9.17) is 23.2 Å². The molecule has 0 atom stereocenters. The number of aryl methyl sites for hydroxylation is 1. The number of aromatic nitrogens is 1. The molecule has 0 radical (unpaired) electrons. The summed E-state index contributed by atoms with van der Waals surface area (Å²) in [5.74, 6) is -0.472. The van der Waals surface area contributed by atoms with E-state index in [1.165, 1.54) is 19.1 Å². The van der Waals surface area contributed by atoms with Gasteiger partial charge in [0.15, 0.2) is 10.9 Å². The summed E-state index contributed by atoms with van der Waals surface area (Å²) in [6, 6.07) is 4.61. The summed E-state index contributed by atoms with van der Waals surface area (Å²) in [7, 11) is 0. The van der Waals surface area contributed by atoms with Gasteiger partial charge in [-0.2, -0.15) is 0 Å². The van der Waals surface area contributed by atoms with Crippen molar-refractivity contribution in [3.05, 3.63) is 44.4 Å². The molecule has 0 aliphatic carbocycles. The van der Waals surface area contributed by atoms with Crippen molar-refractivity contribution < 1.29 is 9.59 Å². The summed E-state index contributed by atoms with van der Waals surface area (Å²) in [4.78, 5) is 28.1. The molecular weight excluding hydrogens is 319 g/mol. The van der Waals surface area contributed by atoms with Crippen molar-refractivity contribution in [1.29, 1.82) is 0 Å². The average molecular weight is 329 g/mol. The SMILES string of the molecule is CC(=O)c1sc(NC(=O)c2ccc(Cl)cc2Cl)nc1C. The Morgan fingerprint density at radius 3 is 2.55 bits per heavy atom. The predicted molar refractivity (Wildman–Crippen MR) is 81.3 cm³/mol. The van der Waals surface area contributed by atoms with Gasteiger partial charge in [-0.1, -0.05) is 34.5 Å². The number of nitrogens with one attached hydrogen (secondary N) is 1. The van der Waals surface area contributed by atoms with E-state index in [1.807, 2.05) is 0 Å². The predicted octanol–water partition coefficient (Wildman–Crippen LogP) is 4.21. The third-order valence-electron chi connectivity index (χ3n) is 2.51. The molecule has 1 heterocycles. The Morgan fingerprint density at radius 2 is 2.00 bits per heavy atom. The summed E-state index contributed by atoms with van der Waals surface area (Å²) in [6.07, 6.45) is 0. The fourth-order valence-corrected chi connectivity index (χ4v) is 2.97. The van der Waals surface area contributed by atoms with E-state index in [0.29, 0.717) is 26.3 Å². The maximum atomic E-state index is 12.1. The van der Waals surface area contributed by atoms with Crippen LogP contribution in [0.4, 0.5) is 5.13 Å². The molecule has 1 aromatic carbocycles. The van der Waals surface area contributed by atoms with Crippen molar-refractivity contribution in [3.8, 4) is 0 Å². The van der Waals surface area contributed by atoms with Crippen LogP contribution in [0.1, 0.15) is 32.6 Å². The normalized spacial score (nSPS) is 10.4. The highest BCUT2D eigenvalue weighted by Crippen LogP contribution is 2.25. The zero-order valence-electron chi connectivity index (χ0n) is 10.7. The van der Waals surface area contributed by atoms with Crippen LogP contribution in [0, 0.1) is 6.92 Å². The molecule has 0 unspecified atom stereocenters. The van der Waals surface area contributed by atoms with Gasteiger partial charge >= 0.3 is 0 Å². The lowest BCUT2D eigenvalue weighted by Crippen LogP contribution is -2.12. The van der Waals surface area contributed by atoms with Gasteiger partial charge in [0.2, 0.25) is 0 Å². The molecule has 0 spiro atoms. The first-order chi connectivity index (χ1) is 9.38. The third kappa shape index (κ3) is 3.17. The number of amides is 1. The zero-order valence-corrected chi connectivity index (χ0v) is 13.0. The van der Waals surface area contributed by atoms with Gasteiger partial charge in [-0.25, -0.2) is 4.98 Å². The second kappa shape index (κ2) is 5.91. The number of halogens is 2. The highest BCUT2D eigenvalue weighted by molar-refractivity contribution is 7.17. The van der Waals surface area contributed by atoms with Crippen molar-refractivity contribution >= 4 is 51.4 Å². The Bertz CT molecular complexity index is 698. The van der Waals surface area contributed by atoms with Gasteiger partial charge in [-0.15, -0.1) is 0 Å². The Labute approximate surface area is 129 Å². The fraction of sp³-hybridized carbons (Fsp3) is 0.154. The van der Waals surface area contributed by atoms with E-state index in [0.717, 1.165) is 11.3 Å². The first-order valence-electron chi connectivity index (χ1n) is 5.63. The van der Waals surface area contributed by atoms with Crippen LogP contribution in [0.5, 0.6) is 0 Å². The first-order valence-corrected chi connectivity index (χ1v) is 7.20. The molecule has 1 aromatic heterocycles. The Morgan fingerprint density at radius 1 is 1.30 bits per heavy atom. The number of anilines is 1. The maximum absolute atomic E-state index is 12.1. The number of carbonyl (C=O) groups is 2. The van der Waals surface area contributed by atoms with Crippen molar-refractivity contribution in [1.82, 2.24) is 4.98 Å². The van der Waals surface area contributed by atoms with Crippen LogP contribution in [-0.2, 0) is 0 Å². The molecule has 0 saturated heterocycles. The number of benzene rings is 1. The molecule has 0 bridgehead atoms. The number of Topliss-reactive ketones (excluding diaryl/α,β-unsaturated/α-hetero) is 1. The van der Waals surface area contributed by atoms with Crippen molar-refractivity contribution in [2.45, 2.75) is 13.8 Å². The smallest absolute Gasteiger partial charge is 0.258 e. The number of hydrogen-bond donors (Lipinski definition) is 1. The monoisotopic (exact) mass is 328 g/mol. The lowest BCUT2D eigenvalue weighted by molar-refractivity contribution is 0.101. The largest absolute Gasteiger partial charge is 0.298 e. The topological polar surface area (TPSA) is 59.1 Å². The van der Waals surface area contributed by atoms with Gasteiger partial charge in [0.1, 0.15) is 0 Å². The molecule has 0 aliphatic heterocycles. The highest BCUT2D eigenvalue weighted by atomic mass is 35.5. The van der Waals surface area contributed by atoms with Gasteiger partial charge < -0.3 is 0 Å². The van der Waals surface area contributed by atoms with Gasteiger partial charge in [-0.3, -0.25) is 14.9 Å². The third-order valence-corrected chi connectivity index (χ3v) is 4.23. The van der Waals surface area contributed by atoms with E-state index in [9.17, 15) is 9.59 Å². The maximum Gasteiger partial charge on any atom is 0.258 e. The molecule has 20 heavy (non-hydrogen) atoms. The molecule has 1 N–H and O–H groups in total. The molecule has 0 saturated carbocycles. The van der Waals surface area contributed by atoms with Crippen molar-refractivity contribution in [3.63, 3.8) is 0 Å². The van der Waals surface area contributed by atoms with Crippen molar-refractivity contribution in [2.24, 2.45) is 0 Å². The number of nitrogens with zero attached hydrogens (tertiary/aromatic N) is 1. The van der Waals surface area contributed by atoms with E-state index in [1.54, 1.807) is 13.0 Å². The van der Waals surface area contributed by atoms with E-state index >= 15 is 0 Å². The molecule has 1 amide bonds. The van der Waals surface area contributed by atoms with E-state index < -0.39 is 5.91 Å². The molecule has 2 aromatic rings. The second-order valence-corrected chi connectivity index (χ2v) is 5.91. The van der Waals surface area contributed by atoms with Crippen LogP contribution < -0.4 is 5.32 Å². The second-order valence-electron chi connectivity index (χ2n) is 4.07. The minimum atomic E-state index is -0.393. The average Bonchev–Trinajstić information content (AvgIpc) is 2.70. The van der Waals surface area contributed by atoms with Gasteiger partial charge in [0, 0.05) is 11.9 Å². The Balaban J connectivity index is 2.23. The lowest BCUT2D eigenvalue weighted by Gasteiger charge is -2.04. The fourth-order valence-electron chi connectivity index (χ4n) is 1.61. The summed E-state index contributed by atoms with van der Waals surface area (Å²) in [6.45, 7) is 3.18. The molecular formula is C13H10Cl2N2O2S. The van der Waals surface area contributed by atoms with E-state index in [2.05, 4.69) is 10.3 Å². The number of rotatable bonds is 3. The van der Waals surface area contributed by atoms with Crippen molar-refractivity contribution in [2.75, 3.05) is 5.32 Å². The van der Waals surface area contributed by atoms with Crippen LogP contribution >= 0.6 is 34.5 Å². The molecule has 0 fully saturated rings. The van der Waals surface area contributed by atoms with Crippen LogP contribution in [-0.4, -0.2) is 16.7 Å². The minimum absolute atomic E-state index is 0.0787. The Kier molecular flexibility index (Phi) is 4.42. The van der Waals surface area contributed by atoms with Gasteiger partial charge in [-0.05, 0) is 25.1 Å². The molecule has 2 rings (SSSR count).